The number of hydrogen-bond donors (Lipinski definition) is 0. The first-order valence-electron chi connectivity index (χ1n) is 12.9. The molecular weight excluding hydrogens is 457 g/mol. The van der Waals surface area contributed by atoms with E-state index in [9.17, 15) is 0 Å². The van der Waals surface area contributed by atoms with Gasteiger partial charge in [0, 0.05) is 35.2 Å². The molecule has 0 unspecified atom stereocenters. The summed E-state index contributed by atoms with van der Waals surface area (Å²) >= 11 is 6.02. The molecule has 0 bridgehead atoms. The van der Waals surface area contributed by atoms with Crippen molar-refractivity contribution in [3.05, 3.63) is 69.5 Å². The van der Waals surface area contributed by atoms with Crippen LogP contribution in [-0.4, -0.2) is 0 Å². The van der Waals surface area contributed by atoms with E-state index in [-0.39, 0.29) is 0 Å². The van der Waals surface area contributed by atoms with Crippen molar-refractivity contribution < 1.29 is 0 Å². The molecule has 0 aliphatic heterocycles. The summed E-state index contributed by atoms with van der Waals surface area (Å²) in [6.07, 6.45) is 22.1. The summed E-state index contributed by atoms with van der Waals surface area (Å²) < 4.78 is 0. The fourth-order valence-electron chi connectivity index (χ4n) is 4.66. The minimum absolute atomic E-state index is 0.465. The van der Waals surface area contributed by atoms with Crippen LogP contribution in [0.2, 0.25) is 0 Å². The number of allylic oxidation sites excluding steroid dienone is 4. The highest BCUT2D eigenvalue weighted by Gasteiger charge is 2.19. The predicted molar refractivity (Wildman–Crippen MR) is 152 cm³/mol. The van der Waals surface area contributed by atoms with Crippen LogP contribution in [0.1, 0.15) is 92.0 Å². The van der Waals surface area contributed by atoms with Gasteiger partial charge in [0.1, 0.15) is 0 Å². The maximum atomic E-state index is 2.50. The smallest absolute Gasteiger partial charge is 0.0478 e. The van der Waals surface area contributed by atoms with Crippen LogP contribution in [0.5, 0.6) is 0 Å². The molecule has 0 N–H and O–H groups in total. The summed E-state index contributed by atoms with van der Waals surface area (Å²) in [5.74, 6) is 0.465. The normalized spacial score (nSPS) is 13.5. The SMILES string of the molecule is CCCCCCc1cc(C)sc1-c1ccc(-c2sc(C3C=CC=C3)cc2CCCCCC)s1. The Balaban J connectivity index is 1.57. The van der Waals surface area contributed by atoms with Gasteiger partial charge >= 0.3 is 0 Å². The first kappa shape index (κ1) is 24.7. The van der Waals surface area contributed by atoms with Gasteiger partial charge in [-0.25, -0.2) is 0 Å². The average molecular weight is 495 g/mol. The molecule has 0 radical (unpaired) electrons. The molecule has 3 heterocycles. The lowest BCUT2D eigenvalue weighted by Crippen LogP contribution is -1.86. The predicted octanol–water partition coefficient (Wildman–Crippen LogP) is 11.0. The van der Waals surface area contributed by atoms with Crippen molar-refractivity contribution in [2.24, 2.45) is 0 Å². The fraction of sp³-hybridized carbons (Fsp3) is 0.467. The van der Waals surface area contributed by atoms with Crippen LogP contribution in [0.3, 0.4) is 0 Å². The molecule has 0 aromatic carbocycles. The Bertz CT molecular complexity index is 1060. The zero-order chi connectivity index (χ0) is 23.0. The van der Waals surface area contributed by atoms with Crippen molar-refractivity contribution in [3.63, 3.8) is 0 Å². The van der Waals surface area contributed by atoms with E-state index in [0.717, 1.165) is 0 Å². The second kappa shape index (κ2) is 12.3. The number of unbranched alkanes of at least 4 members (excludes halogenated alkanes) is 6. The molecule has 0 fully saturated rings. The molecule has 1 aliphatic rings. The Labute approximate surface area is 213 Å². The van der Waals surface area contributed by atoms with Crippen LogP contribution >= 0.6 is 34.0 Å². The first-order chi connectivity index (χ1) is 16.2. The van der Waals surface area contributed by atoms with Crippen molar-refractivity contribution in [2.45, 2.75) is 90.9 Å². The number of hydrogen-bond acceptors (Lipinski definition) is 3. The van der Waals surface area contributed by atoms with Crippen LogP contribution in [-0.2, 0) is 12.8 Å². The molecule has 3 aromatic heterocycles. The summed E-state index contributed by atoms with van der Waals surface area (Å²) in [6, 6.07) is 9.72. The van der Waals surface area contributed by atoms with Crippen LogP contribution < -0.4 is 0 Å². The van der Waals surface area contributed by atoms with Gasteiger partial charge in [-0.15, -0.1) is 34.0 Å². The van der Waals surface area contributed by atoms with Crippen LogP contribution in [0, 0.1) is 6.92 Å². The zero-order valence-corrected chi connectivity index (χ0v) is 22.9. The second-order valence-electron chi connectivity index (χ2n) is 9.30. The highest BCUT2D eigenvalue weighted by atomic mass is 32.1. The topological polar surface area (TPSA) is 0 Å². The van der Waals surface area contributed by atoms with Gasteiger partial charge in [0.25, 0.3) is 0 Å². The van der Waals surface area contributed by atoms with Crippen LogP contribution in [0.25, 0.3) is 19.5 Å². The summed E-state index contributed by atoms with van der Waals surface area (Å²) in [6.45, 7) is 6.85. The van der Waals surface area contributed by atoms with Gasteiger partial charge in [-0.2, -0.15) is 0 Å². The molecule has 0 saturated carbocycles. The van der Waals surface area contributed by atoms with E-state index < -0.39 is 0 Å². The minimum Gasteiger partial charge on any atom is -0.139 e. The van der Waals surface area contributed by atoms with Gasteiger partial charge in [0.2, 0.25) is 0 Å². The molecule has 0 saturated heterocycles. The lowest BCUT2D eigenvalue weighted by Gasteiger charge is -2.03. The highest BCUT2D eigenvalue weighted by molar-refractivity contribution is 7.26. The van der Waals surface area contributed by atoms with Crippen molar-refractivity contribution in [1.82, 2.24) is 0 Å². The molecule has 3 aromatic rings. The number of thiophene rings is 3. The molecule has 0 nitrogen and oxygen atoms in total. The lowest BCUT2D eigenvalue weighted by molar-refractivity contribution is 0.668. The average Bonchev–Trinajstić information content (AvgIpc) is 3.60. The van der Waals surface area contributed by atoms with Crippen molar-refractivity contribution in [2.75, 3.05) is 0 Å². The zero-order valence-electron chi connectivity index (χ0n) is 20.5. The Hall–Kier alpha value is -1.42. The third kappa shape index (κ3) is 6.38. The van der Waals surface area contributed by atoms with Crippen molar-refractivity contribution >= 4 is 34.0 Å². The van der Waals surface area contributed by atoms with Gasteiger partial charge in [-0.05, 0) is 68.0 Å². The molecule has 33 heavy (non-hydrogen) atoms. The first-order valence-corrected chi connectivity index (χ1v) is 15.3. The fourth-order valence-corrected chi connectivity index (χ4v) is 8.29. The third-order valence-electron chi connectivity index (χ3n) is 6.49. The monoisotopic (exact) mass is 494 g/mol. The van der Waals surface area contributed by atoms with Gasteiger partial charge in [0.15, 0.2) is 0 Å². The molecule has 0 spiro atoms. The largest absolute Gasteiger partial charge is 0.139 e. The Morgan fingerprint density at radius 2 is 1.24 bits per heavy atom. The molecule has 3 heteroatoms. The van der Waals surface area contributed by atoms with E-state index in [1.54, 1.807) is 11.1 Å². The van der Waals surface area contributed by atoms with Gasteiger partial charge in [0.05, 0.1) is 0 Å². The summed E-state index contributed by atoms with van der Waals surface area (Å²) in [4.78, 5) is 8.90. The molecular formula is C30H38S3. The standard InChI is InChI=1S/C30H38S3/c1-4-6-8-10-16-24-20-22(3)31-29(24)26-18-19-27(32-26)30-25(17-11-9-7-5-2)21-28(33-30)23-14-12-13-15-23/h12-15,18-21,23H,4-11,16-17H2,1-3H3. The maximum absolute atomic E-state index is 2.50. The molecule has 0 amide bonds. The summed E-state index contributed by atoms with van der Waals surface area (Å²) in [7, 11) is 0. The Kier molecular flexibility index (Phi) is 9.23. The van der Waals surface area contributed by atoms with E-state index >= 15 is 0 Å². The molecule has 1 aliphatic carbocycles. The minimum atomic E-state index is 0.465. The number of rotatable bonds is 13. The van der Waals surface area contributed by atoms with E-state index in [0.29, 0.717) is 5.92 Å². The van der Waals surface area contributed by atoms with E-state index in [1.165, 1.54) is 93.5 Å². The molecule has 0 atom stereocenters. The summed E-state index contributed by atoms with van der Waals surface area (Å²) in [5, 5.41) is 0. The molecule has 176 valence electrons. The lowest BCUT2D eigenvalue weighted by atomic mass is 10.0. The van der Waals surface area contributed by atoms with Crippen molar-refractivity contribution in [1.29, 1.82) is 0 Å². The van der Waals surface area contributed by atoms with Gasteiger partial charge in [-0.3, -0.25) is 0 Å². The second-order valence-corrected chi connectivity index (χ2v) is 12.7. The quantitative estimate of drug-likeness (QED) is 0.207. The summed E-state index contributed by atoms with van der Waals surface area (Å²) in [5.41, 5.74) is 3.13. The highest BCUT2D eigenvalue weighted by Crippen LogP contribution is 2.45. The van der Waals surface area contributed by atoms with Gasteiger partial charge < -0.3 is 0 Å². The van der Waals surface area contributed by atoms with E-state index in [4.69, 9.17) is 0 Å². The van der Waals surface area contributed by atoms with Crippen molar-refractivity contribution in [3.8, 4) is 19.5 Å². The van der Waals surface area contributed by atoms with E-state index in [2.05, 4.69) is 69.3 Å². The van der Waals surface area contributed by atoms with Crippen LogP contribution in [0.4, 0.5) is 0 Å². The van der Waals surface area contributed by atoms with Crippen LogP contribution in [0.15, 0.2) is 48.6 Å². The maximum Gasteiger partial charge on any atom is 0.0478 e. The molecule has 4 rings (SSSR count). The third-order valence-corrected chi connectivity index (χ3v) is 10.3. The number of aryl methyl sites for hydroxylation is 3. The van der Waals surface area contributed by atoms with Gasteiger partial charge in [-0.1, -0.05) is 76.7 Å². The van der Waals surface area contributed by atoms with E-state index in [1.807, 2.05) is 34.0 Å². The Morgan fingerprint density at radius 3 is 1.85 bits per heavy atom. The Morgan fingerprint density at radius 1 is 0.667 bits per heavy atom.